The Morgan fingerprint density at radius 3 is 0.948 bits per heavy atom. The third-order valence-electron chi connectivity index (χ3n) is 21.1. The first-order valence-electron chi connectivity index (χ1n) is 39.8. The number of rotatable bonds is 40. The standard InChI is InChI=1S/C96H105NO18/c1-67-82(97-79-53-78(64-101-54-68-33-13-3-14-34-68)85(104-57-71-39-19-6-20-40-71)89(106-59-73-43-23-8-24-44-73)86(79)105-58-72-41-21-7-22-42-72)83(98)84(99)94(111-67)114-87-81(66-103-56-70-37-17-5-18-38-70)113-96(93(110-63-77-51-31-12-32-52-77)91(87)108-61-75-47-27-10-28-48-75)115-88-80(65-102-55-69-35-15-4-16-36-69)112-95(100-2)92(109-62-76-49-29-11-30-50-76)90(88)107-60-74-45-25-9-26-46-74/h3-53,67,79-99H,54-66H2,1-2H3/t67-,79-,80-,81-,82-,83+,84-,85-,86+,87-,88-,89+,90+,91+,92-,93-,94+,95-,96+/m1/s1. The summed E-state index contributed by atoms with van der Waals surface area (Å²) in [5, 5.41) is 30.0. The van der Waals surface area contributed by atoms with Crippen molar-refractivity contribution in [2.45, 2.75) is 189 Å². The van der Waals surface area contributed by atoms with Crippen LogP contribution in [0.25, 0.3) is 0 Å². The summed E-state index contributed by atoms with van der Waals surface area (Å²) in [6.45, 7) is 3.85. The Bertz CT molecular complexity index is 4390. The number of hydrogen-bond acceptors (Lipinski definition) is 19. The lowest BCUT2D eigenvalue weighted by Gasteiger charge is -2.51. The second-order valence-electron chi connectivity index (χ2n) is 29.4. The van der Waals surface area contributed by atoms with E-state index in [1.54, 1.807) is 7.11 Å². The van der Waals surface area contributed by atoms with E-state index < -0.39 is 116 Å². The topological polar surface area (TPSA) is 200 Å². The van der Waals surface area contributed by atoms with Crippen molar-refractivity contribution in [3.8, 4) is 0 Å². The maximum atomic E-state index is 13.1. The van der Waals surface area contributed by atoms with Gasteiger partial charge in [-0.25, -0.2) is 0 Å². The highest BCUT2D eigenvalue weighted by Gasteiger charge is 2.57. The van der Waals surface area contributed by atoms with Gasteiger partial charge in [0.2, 0.25) is 0 Å². The maximum Gasteiger partial charge on any atom is 0.187 e. The van der Waals surface area contributed by atoms with Crippen LogP contribution in [0.5, 0.6) is 0 Å². The van der Waals surface area contributed by atoms with Crippen LogP contribution in [-0.4, -0.2) is 154 Å². The highest BCUT2D eigenvalue weighted by molar-refractivity contribution is 5.27. The average Bonchev–Trinajstić information content (AvgIpc) is 0.767. The average molecular weight is 1560 g/mol. The third-order valence-corrected chi connectivity index (χ3v) is 21.1. The molecule has 0 radical (unpaired) electrons. The van der Waals surface area contributed by atoms with E-state index in [4.69, 9.17) is 75.8 Å². The van der Waals surface area contributed by atoms with E-state index in [1.165, 1.54) is 0 Å². The van der Waals surface area contributed by atoms with Crippen molar-refractivity contribution in [3.05, 3.63) is 371 Å². The zero-order valence-electron chi connectivity index (χ0n) is 65.0. The van der Waals surface area contributed by atoms with Crippen LogP contribution in [0, 0.1) is 0 Å². The molecule has 115 heavy (non-hydrogen) atoms. The largest absolute Gasteiger partial charge is 0.388 e. The van der Waals surface area contributed by atoms with E-state index in [2.05, 4.69) is 11.4 Å². The minimum Gasteiger partial charge on any atom is -0.388 e. The lowest BCUT2D eigenvalue weighted by atomic mass is 9.85. The van der Waals surface area contributed by atoms with E-state index in [9.17, 15) is 10.2 Å². The summed E-state index contributed by atoms with van der Waals surface area (Å²) in [4.78, 5) is 0. The summed E-state index contributed by atoms with van der Waals surface area (Å²) in [5.74, 6) is 0. The van der Waals surface area contributed by atoms with Crippen molar-refractivity contribution in [1.82, 2.24) is 5.32 Å². The molecule has 19 nitrogen and oxygen atoms in total. The van der Waals surface area contributed by atoms with Crippen LogP contribution in [0.3, 0.4) is 0 Å². The molecule has 1 aliphatic carbocycles. The van der Waals surface area contributed by atoms with Gasteiger partial charge in [-0.15, -0.1) is 0 Å². The molecule has 3 fully saturated rings. The highest BCUT2D eigenvalue weighted by Crippen LogP contribution is 2.40. The Morgan fingerprint density at radius 1 is 0.287 bits per heavy atom. The van der Waals surface area contributed by atoms with E-state index >= 15 is 0 Å². The van der Waals surface area contributed by atoms with Crippen LogP contribution < -0.4 is 5.32 Å². The molecule has 3 N–H and O–H groups in total. The van der Waals surface area contributed by atoms with Crippen molar-refractivity contribution in [3.63, 3.8) is 0 Å². The van der Waals surface area contributed by atoms with Crippen LogP contribution in [0.2, 0.25) is 0 Å². The van der Waals surface area contributed by atoms with Gasteiger partial charge in [-0.05, 0) is 68.1 Å². The normalized spacial score (nSPS) is 26.9. The minimum atomic E-state index is -1.70. The number of methoxy groups -OCH3 is 1. The monoisotopic (exact) mass is 1560 g/mol. The smallest absolute Gasteiger partial charge is 0.187 e. The molecule has 19 atom stereocenters. The van der Waals surface area contributed by atoms with Gasteiger partial charge >= 0.3 is 0 Å². The van der Waals surface area contributed by atoms with Crippen LogP contribution >= 0.6 is 0 Å². The second kappa shape index (κ2) is 43.4. The lowest BCUT2D eigenvalue weighted by molar-refractivity contribution is -0.388. The molecule has 0 aromatic heterocycles. The van der Waals surface area contributed by atoms with Gasteiger partial charge in [0, 0.05) is 7.11 Å². The molecule has 0 amide bonds. The Morgan fingerprint density at radius 2 is 0.583 bits per heavy atom. The molecule has 602 valence electrons. The third kappa shape index (κ3) is 23.5. The molecule has 4 aliphatic rings. The first kappa shape index (κ1) is 82.7. The van der Waals surface area contributed by atoms with Gasteiger partial charge < -0.3 is 91.3 Å². The van der Waals surface area contributed by atoms with E-state index in [0.29, 0.717) is 6.61 Å². The van der Waals surface area contributed by atoms with Crippen molar-refractivity contribution in [2.24, 2.45) is 0 Å². The van der Waals surface area contributed by atoms with Crippen molar-refractivity contribution < 1.29 is 86.0 Å². The fraction of sp³-hybridized carbons (Fsp3) is 0.354. The van der Waals surface area contributed by atoms with E-state index in [-0.39, 0.29) is 79.3 Å². The lowest BCUT2D eigenvalue weighted by Crippen LogP contribution is -2.69. The highest BCUT2D eigenvalue weighted by atomic mass is 16.8. The summed E-state index contributed by atoms with van der Waals surface area (Å²) in [5.41, 5.74) is 10.1. The molecular weight excluding hydrogens is 1460 g/mol. The minimum absolute atomic E-state index is 0.0177. The van der Waals surface area contributed by atoms with E-state index in [1.807, 2.05) is 310 Å². The first-order valence-corrected chi connectivity index (χ1v) is 39.8. The molecule has 0 bridgehead atoms. The number of aliphatic hydroxyl groups excluding tert-OH is 2. The molecule has 3 heterocycles. The number of nitrogens with one attached hydrogen (secondary N) is 1. The van der Waals surface area contributed by atoms with Crippen molar-refractivity contribution >= 4 is 0 Å². The predicted molar refractivity (Wildman–Crippen MR) is 433 cm³/mol. The molecule has 0 unspecified atom stereocenters. The maximum absolute atomic E-state index is 13.1. The Balaban J connectivity index is 0.819. The second-order valence-corrected chi connectivity index (χ2v) is 29.4. The molecule has 14 rings (SSSR count). The van der Waals surface area contributed by atoms with Gasteiger partial charge in [0.25, 0.3) is 0 Å². The number of benzene rings is 10. The number of aliphatic hydroxyl groups is 2. The van der Waals surface area contributed by atoms with Crippen LogP contribution in [0.4, 0.5) is 0 Å². The zero-order valence-corrected chi connectivity index (χ0v) is 65.0. The van der Waals surface area contributed by atoms with Crippen LogP contribution in [0.1, 0.15) is 62.6 Å². The van der Waals surface area contributed by atoms with Gasteiger partial charge in [0.15, 0.2) is 18.9 Å². The number of hydrogen-bond donors (Lipinski definition) is 3. The van der Waals surface area contributed by atoms with Gasteiger partial charge in [0.05, 0.1) is 104 Å². The molecule has 0 spiro atoms. The molecule has 10 aromatic carbocycles. The number of ether oxygens (including phenoxy) is 16. The van der Waals surface area contributed by atoms with Crippen LogP contribution in [-0.2, 0) is 142 Å². The fourth-order valence-corrected chi connectivity index (χ4v) is 15.1. The summed E-state index contributed by atoms with van der Waals surface area (Å²) in [6.07, 6.45) is -16.4. The molecular formula is C96H105NO18. The SMILES string of the molecule is CO[C@@H]1O[C@H](COCc2ccccc2)[C@@H](O[C@@H]2O[C@H](COCc3ccccc3)[C@@H](O[C@@H]3O[C@H](C)[C@@H](N[C@@H]4C=C(COCc5ccccc5)[C@@H](OCc5ccccc5)[C@H](OCc5ccccc5)[C@H]4OCc4ccccc4)[C@H](O)[C@H]3O)[C@H](OCc3ccccc3)[C@H]2OCc2ccccc2)[C@H](OCc2ccccc2)[C@H]1OCc1ccccc1. The van der Waals surface area contributed by atoms with Crippen molar-refractivity contribution in [1.29, 1.82) is 0 Å². The molecule has 3 aliphatic heterocycles. The Kier molecular flexibility index (Phi) is 31.2. The Labute approximate surface area is 674 Å². The molecule has 19 heteroatoms. The van der Waals surface area contributed by atoms with Crippen molar-refractivity contribution in [2.75, 3.05) is 26.9 Å². The van der Waals surface area contributed by atoms with Gasteiger partial charge in [-0.1, -0.05) is 309 Å². The predicted octanol–water partition coefficient (Wildman–Crippen LogP) is 14.3. The van der Waals surface area contributed by atoms with E-state index in [0.717, 1.165) is 61.2 Å². The quantitative estimate of drug-likeness (QED) is 0.0306. The summed E-state index contributed by atoms with van der Waals surface area (Å²) in [6, 6.07) is 97.5. The van der Waals surface area contributed by atoms with Gasteiger partial charge in [0.1, 0.15) is 79.4 Å². The summed E-state index contributed by atoms with van der Waals surface area (Å²) in [7, 11) is 1.58. The summed E-state index contributed by atoms with van der Waals surface area (Å²) >= 11 is 0. The molecule has 0 saturated carbocycles. The zero-order chi connectivity index (χ0) is 78.6. The van der Waals surface area contributed by atoms with Gasteiger partial charge in [-0.3, -0.25) is 0 Å². The Hall–Kier alpha value is -8.82. The molecule has 3 saturated heterocycles. The summed E-state index contributed by atoms with van der Waals surface area (Å²) < 4.78 is 113. The first-order chi connectivity index (χ1) is 56.7. The fourth-order valence-electron chi connectivity index (χ4n) is 15.1. The van der Waals surface area contributed by atoms with Gasteiger partial charge in [-0.2, -0.15) is 0 Å². The van der Waals surface area contributed by atoms with Crippen LogP contribution in [0.15, 0.2) is 315 Å². The molecule has 10 aromatic rings.